The molecule has 0 heterocycles. The molecule has 658 valence electrons. The van der Waals surface area contributed by atoms with Crippen LogP contribution in [0.25, 0.3) is 0 Å². The topological polar surface area (TPSA) is 326 Å². The minimum atomic E-state index is -0.355. The molecule has 12 aromatic carbocycles. The quantitative estimate of drug-likeness (QED) is 0.0142. The highest BCUT2D eigenvalue weighted by molar-refractivity contribution is 9.10. The van der Waals surface area contributed by atoms with Crippen molar-refractivity contribution in [2.45, 2.75) is 46.0 Å². The van der Waals surface area contributed by atoms with Crippen molar-refractivity contribution in [1.82, 2.24) is 0 Å². The van der Waals surface area contributed by atoms with Crippen molar-refractivity contribution in [3.63, 3.8) is 0 Å². The summed E-state index contributed by atoms with van der Waals surface area (Å²) in [6.45, 7) is 0. The van der Waals surface area contributed by atoms with Crippen molar-refractivity contribution in [2.75, 3.05) is 14.2 Å². The zero-order valence-corrected chi connectivity index (χ0v) is 80.1. The van der Waals surface area contributed by atoms with E-state index in [-0.39, 0.29) is 34.3 Å². The number of thioether (sulfide) groups is 8. The third kappa shape index (κ3) is 37.7. The van der Waals surface area contributed by atoms with Crippen molar-refractivity contribution in [3.8, 4) is 11.5 Å². The zero-order chi connectivity index (χ0) is 91.2. The van der Waals surface area contributed by atoms with E-state index in [1.165, 1.54) is 179 Å². The van der Waals surface area contributed by atoms with E-state index in [1.54, 1.807) is 56.7 Å². The number of nitrogens with two attached hydrogens (primary N) is 8. The first-order chi connectivity index (χ1) is 61.0. The van der Waals surface area contributed by atoms with Crippen molar-refractivity contribution in [3.05, 3.63) is 363 Å². The van der Waals surface area contributed by atoms with Crippen LogP contribution in [0, 0.1) is 29.1 Å². The van der Waals surface area contributed by atoms with Gasteiger partial charge in [0.2, 0.25) is 0 Å². The maximum absolute atomic E-state index is 13.9. The molecule has 12 aromatic rings. The standard InChI is InChI=1S/C24H25FN4O2S2.C22H19Br2FN4S2.C22H18Cl4N4S2.C22H19F3N4S2/c1-30-21-9-5-19(6-10-21)28-23(26)32-14-16-3-4-18(25)13-17(16)15-33-24(27)29-20-7-11-22(31-2)12-8-20;23-16-2-7-19(8-3-16)28-21(26)30-12-14-1-6-18(25)11-15(14)13-31-22(27)29-20-9-4-17(24)5-10-20;23-15-3-1-5-17(9-15)29-21(27)31-11-13-7-19(25)20(26)8-14(13)12-32-22(28)30-18-6-2-4-16(24)10-18;23-16-3-7-19(8-4-16)28-21(26)30-12-14-1-2-18(25)11-15(14)13-31-22(27)29-20-9-5-17(24)6-10-20/h3-13H,14-15H2,1-2H3,(H2,26,28)(H2,27,29);1-11H,12-13H2,(H2,26,28)(H2,27,29);1-10H,11-12H2,(H2,27,29)(H2,28,30);1-11H,12-13H2,(H2,26,28)(H2,27,29). The third-order valence-electron chi connectivity index (χ3n) is 16.7. The normalized spacial score (nSPS) is 12.2. The number of halogens is 11. The van der Waals surface area contributed by atoms with Crippen LogP contribution in [0.3, 0.4) is 0 Å². The molecular formula is C90H81Br2Cl4F5N16O2S8. The SMILES string of the molecule is COc1ccc(N=C(N)SCc2ccc(F)cc2CSC(N)=Nc2ccc(OC)cc2)cc1.NC(=Nc1ccc(Br)cc1)SCc1ccc(F)cc1CSC(N)=Nc1ccc(Br)cc1.NC(=Nc1ccc(F)cc1)SCc1ccc(F)cc1CSC(N)=Nc1ccc(F)cc1.NC(=Nc1cccc(Cl)c1)SCc1cc(Cl)c(Cl)cc1CSC(N)=Nc1cccc(Cl)c1. The molecule has 0 aliphatic heterocycles. The summed E-state index contributed by atoms with van der Waals surface area (Å²) < 4.78 is 79.7. The monoisotopic (exact) mass is 2070 g/mol. The minimum Gasteiger partial charge on any atom is -0.497 e. The van der Waals surface area contributed by atoms with Crippen LogP contribution in [0.4, 0.5) is 67.5 Å². The Kier molecular flexibility index (Phi) is 42.7. The molecule has 0 amide bonds. The van der Waals surface area contributed by atoms with Gasteiger partial charge >= 0.3 is 0 Å². The fourth-order valence-electron chi connectivity index (χ4n) is 10.5. The fraction of sp³-hybridized carbons (Fsp3) is 0.111. The van der Waals surface area contributed by atoms with Crippen LogP contribution in [0.5, 0.6) is 11.5 Å². The van der Waals surface area contributed by atoms with E-state index in [2.05, 4.69) is 71.8 Å². The summed E-state index contributed by atoms with van der Waals surface area (Å²) in [7, 11) is 3.22. The van der Waals surface area contributed by atoms with Crippen LogP contribution in [-0.4, -0.2) is 55.6 Å². The number of ether oxygens (including phenoxy) is 2. The molecule has 0 fully saturated rings. The van der Waals surface area contributed by atoms with Gasteiger partial charge in [-0.2, -0.15) is 0 Å². The lowest BCUT2D eigenvalue weighted by Crippen LogP contribution is -2.08. The van der Waals surface area contributed by atoms with Crippen LogP contribution >= 0.6 is 172 Å². The van der Waals surface area contributed by atoms with Crippen molar-refractivity contribution < 1.29 is 31.4 Å². The molecule has 0 atom stereocenters. The Morgan fingerprint density at radius 1 is 0.252 bits per heavy atom. The Morgan fingerprint density at radius 3 is 0.693 bits per heavy atom. The molecular weight excluding hydrogens is 1990 g/mol. The third-order valence-corrected chi connectivity index (χ3v) is 25.7. The number of hydrogen-bond acceptors (Lipinski definition) is 18. The van der Waals surface area contributed by atoms with Crippen molar-refractivity contribution in [1.29, 1.82) is 0 Å². The largest absolute Gasteiger partial charge is 0.497 e. The Hall–Kier alpha value is -9.43. The van der Waals surface area contributed by atoms with E-state index in [0.29, 0.717) is 125 Å². The highest BCUT2D eigenvalue weighted by atomic mass is 79.9. The lowest BCUT2D eigenvalue weighted by atomic mass is 10.1. The Balaban J connectivity index is 0.000000191. The number of hydrogen-bond donors (Lipinski definition) is 8. The van der Waals surface area contributed by atoms with Crippen LogP contribution in [0.1, 0.15) is 44.5 Å². The number of amidine groups is 8. The van der Waals surface area contributed by atoms with Gasteiger partial charge in [-0.3, -0.25) is 0 Å². The zero-order valence-electron chi connectivity index (χ0n) is 67.4. The predicted octanol–water partition coefficient (Wildman–Crippen LogP) is 26.6. The summed E-state index contributed by atoms with van der Waals surface area (Å²) in [5.74, 6) is 3.97. The maximum Gasteiger partial charge on any atom is 0.159 e. The van der Waals surface area contributed by atoms with Gasteiger partial charge in [0.05, 0.1) is 69.8 Å². The molecule has 0 aromatic heterocycles. The van der Waals surface area contributed by atoms with E-state index in [4.69, 9.17) is 102 Å². The average Bonchev–Trinajstić information content (AvgIpc) is 0.758. The molecule has 18 nitrogen and oxygen atoms in total. The lowest BCUT2D eigenvalue weighted by Gasteiger charge is -2.11. The maximum atomic E-state index is 13.9. The molecule has 0 saturated heterocycles. The summed E-state index contributed by atoms with van der Waals surface area (Å²) in [6, 6.07) is 73.1. The van der Waals surface area contributed by atoms with Crippen LogP contribution < -0.4 is 55.3 Å². The first kappa shape index (κ1) is 101. The summed E-state index contributed by atoms with van der Waals surface area (Å²) in [5.41, 5.74) is 61.1. The predicted molar refractivity (Wildman–Crippen MR) is 546 cm³/mol. The second-order valence-corrected chi connectivity index (χ2v) is 37.4. The molecule has 0 aliphatic carbocycles. The average molecular weight is 2070 g/mol. The summed E-state index contributed by atoms with van der Waals surface area (Å²) in [6.07, 6.45) is 0. The minimum absolute atomic E-state index is 0.284. The molecule has 16 N–H and O–H groups in total. The second kappa shape index (κ2) is 53.5. The van der Waals surface area contributed by atoms with Crippen molar-refractivity contribution >= 4 is 259 Å². The highest BCUT2D eigenvalue weighted by Gasteiger charge is 2.16. The molecule has 0 aliphatic rings. The second-order valence-electron chi connectivity index (χ2n) is 25.9. The molecule has 0 unspecified atom stereocenters. The van der Waals surface area contributed by atoms with E-state index in [0.717, 1.165) is 87.7 Å². The van der Waals surface area contributed by atoms with E-state index in [1.807, 2.05) is 133 Å². The number of nitrogens with zero attached hydrogens (tertiary/aromatic N) is 8. The Labute approximate surface area is 804 Å². The first-order valence-corrected chi connectivity index (χ1v) is 48.4. The number of benzene rings is 12. The van der Waals surface area contributed by atoms with E-state index < -0.39 is 0 Å². The Bertz CT molecular complexity index is 5650. The molecule has 37 heteroatoms. The van der Waals surface area contributed by atoms with Gasteiger partial charge < -0.3 is 55.3 Å². The van der Waals surface area contributed by atoms with E-state index in [9.17, 15) is 22.0 Å². The number of rotatable bonds is 26. The number of aliphatic imine (C=N–C) groups is 8. The molecule has 0 radical (unpaired) electrons. The lowest BCUT2D eigenvalue weighted by molar-refractivity contribution is 0.415. The Morgan fingerprint density at radius 2 is 0.457 bits per heavy atom. The van der Waals surface area contributed by atoms with Gasteiger partial charge in [0.15, 0.2) is 41.3 Å². The van der Waals surface area contributed by atoms with Crippen LogP contribution in [0.2, 0.25) is 20.1 Å². The van der Waals surface area contributed by atoms with Crippen molar-refractivity contribution in [2.24, 2.45) is 85.8 Å². The van der Waals surface area contributed by atoms with E-state index >= 15 is 0 Å². The van der Waals surface area contributed by atoms with Gasteiger partial charge in [-0.05, 0) is 275 Å². The summed E-state index contributed by atoms with van der Waals surface area (Å²) >= 11 is 42.1. The van der Waals surface area contributed by atoms with Gasteiger partial charge in [0, 0.05) is 65.0 Å². The van der Waals surface area contributed by atoms with Gasteiger partial charge in [-0.1, -0.05) is 203 Å². The molecule has 127 heavy (non-hydrogen) atoms. The molecule has 0 saturated carbocycles. The first-order valence-electron chi connectivity index (χ1n) is 37.4. The summed E-state index contributed by atoms with van der Waals surface area (Å²) in [4.78, 5) is 34.8. The van der Waals surface area contributed by atoms with Gasteiger partial charge in [0.25, 0.3) is 0 Å². The van der Waals surface area contributed by atoms with Crippen LogP contribution in [0.15, 0.2) is 310 Å². The number of methoxy groups -OCH3 is 2. The van der Waals surface area contributed by atoms with Gasteiger partial charge in [0.1, 0.15) is 40.6 Å². The highest BCUT2D eigenvalue weighted by Crippen LogP contribution is 2.35. The van der Waals surface area contributed by atoms with Gasteiger partial charge in [-0.15, -0.1) is 0 Å². The fourth-order valence-corrected chi connectivity index (χ4v) is 17.7. The smallest absolute Gasteiger partial charge is 0.159 e. The van der Waals surface area contributed by atoms with Crippen LogP contribution in [-0.2, 0) is 46.0 Å². The molecule has 12 rings (SSSR count). The molecule has 0 bridgehead atoms. The van der Waals surface area contributed by atoms with Gasteiger partial charge in [-0.25, -0.2) is 61.9 Å². The summed E-state index contributed by atoms with van der Waals surface area (Å²) in [5, 5.41) is 5.26. The molecule has 0 spiro atoms.